The smallest absolute Gasteiger partial charge is 0.271 e. The van der Waals surface area contributed by atoms with E-state index in [1.165, 1.54) is 12.3 Å². The van der Waals surface area contributed by atoms with Gasteiger partial charge >= 0.3 is 0 Å². The van der Waals surface area contributed by atoms with Crippen molar-refractivity contribution in [1.29, 1.82) is 0 Å². The molecular formula is C32H26FN3O2. The van der Waals surface area contributed by atoms with Crippen molar-refractivity contribution in [2.24, 2.45) is 5.10 Å². The van der Waals surface area contributed by atoms with Crippen LogP contribution in [0.4, 0.5) is 4.39 Å². The van der Waals surface area contributed by atoms with Gasteiger partial charge in [0.05, 0.1) is 11.9 Å². The van der Waals surface area contributed by atoms with Crippen LogP contribution in [0.3, 0.4) is 0 Å². The Hall–Kier alpha value is -4.97. The maximum atomic E-state index is 13.8. The zero-order valence-corrected chi connectivity index (χ0v) is 20.8. The summed E-state index contributed by atoms with van der Waals surface area (Å²) in [6.07, 6.45) is 1.54. The van der Waals surface area contributed by atoms with Gasteiger partial charge in [0, 0.05) is 22.5 Å². The summed E-state index contributed by atoms with van der Waals surface area (Å²) in [5.74, 6) is -0.0392. The Morgan fingerprint density at radius 3 is 2.45 bits per heavy atom. The summed E-state index contributed by atoms with van der Waals surface area (Å²) in [5, 5.41) is 4.09. The molecule has 5 rings (SSSR count). The number of ether oxygens (including phenoxy) is 1. The van der Waals surface area contributed by atoms with Crippen molar-refractivity contribution in [3.05, 3.63) is 143 Å². The average molecular weight is 504 g/mol. The van der Waals surface area contributed by atoms with Gasteiger partial charge in [-0.15, -0.1) is 0 Å². The topological polar surface area (TPSA) is 55.6 Å². The summed E-state index contributed by atoms with van der Waals surface area (Å²) in [6, 6.07) is 35.5. The predicted octanol–water partition coefficient (Wildman–Crippen LogP) is 6.93. The Labute approximate surface area is 220 Å². The molecule has 0 unspecified atom stereocenters. The number of carbonyl (C=O) groups is 1. The average Bonchev–Trinajstić information content (AvgIpc) is 3.34. The summed E-state index contributed by atoms with van der Waals surface area (Å²) in [5.41, 5.74) is 8.57. The van der Waals surface area contributed by atoms with E-state index in [-0.39, 0.29) is 18.3 Å². The number of rotatable bonds is 8. The van der Waals surface area contributed by atoms with Crippen LogP contribution in [0, 0.1) is 12.7 Å². The predicted molar refractivity (Wildman–Crippen MR) is 148 cm³/mol. The summed E-state index contributed by atoms with van der Waals surface area (Å²) >= 11 is 0. The molecule has 0 bridgehead atoms. The van der Waals surface area contributed by atoms with Gasteiger partial charge in [0.25, 0.3) is 5.91 Å². The zero-order chi connectivity index (χ0) is 26.3. The van der Waals surface area contributed by atoms with E-state index in [0.717, 1.165) is 28.2 Å². The van der Waals surface area contributed by atoms with Gasteiger partial charge in [0.15, 0.2) is 0 Å². The van der Waals surface area contributed by atoms with Crippen molar-refractivity contribution in [3.63, 3.8) is 0 Å². The largest absolute Gasteiger partial charge is 0.489 e. The van der Waals surface area contributed by atoms with E-state index in [1.807, 2.05) is 42.5 Å². The number of halogens is 1. The van der Waals surface area contributed by atoms with Gasteiger partial charge in [0.2, 0.25) is 0 Å². The molecule has 0 aliphatic rings. The van der Waals surface area contributed by atoms with Crippen LogP contribution >= 0.6 is 0 Å². The molecule has 6 heteroatoms. The second-order valence-electron chi connectivity index (χ2n) is 8.76. The first-order chi connectivity index (χ1) is 18.6. The number of benzene rings is 4. The van der Waals surface area contributed by atoms with Crippen LogP contribution < -0.4 is 10.2 Å². The van der Waals surface area contributed by atoms with Crippen molar-refractivity contribution in [3.8, 4) is 22.7 Å². The standard InChI is InChI=1S/C32H26FN3O2/c1-23-14-19-31(25-9-3-2-4-10-25)36(23)28-17-15-26(16-18-28)32(37)35-34-21-24-8-7-12-29(20-24)38-22-27-11-5-6-13-30(27)33/h2-21H,22H2,1H3,(H,35,37)/b34-21+. The molecule has 5 nitrogen and oxygen atoms in total. The molecule has 0 aliphatic carbocycles. The van der Waals surface area contributed by atoms with E-state index in [2.05, 4.69) is 46.3 Å². The molecule has 1 aromatic heterocycles. The summed E-state index contributed by atoms with van der Waals surface area (Å²) < 4.78 is 21.7. The Balaban J connectivity index is 1.22. The Morgan fingerprint density at radius 2 is 1.66 bits per heavy atom. The summed E-state index contributed by atoms with van der Waals surface area (Å²) in [7, 11) is 0. The third-order valence-corrected chi connectivity index (χ3v) is 6.12. The van der Waals surface area contributed by atoms with Crippen LogP contribution in [0.25, 0.3) is 16.9 Å². The second kappa shape index (κ2) is 11.4. The van der Waals surface area contributed by atoms with Gasteiger partial charge in [0.1, 0.15) is 18.2 Å². The molecule has 0 fully saturated rings. The molecule has 1 heterocycles. The van der Waals surface area contributed by atoms with E-state index in [1.54, 1.807) is 42.5 Å². The van der Waals surface area contributed by atoms with E-state index in [0.29, 0.717) is 16.9 Å². The normalized spacial score (nSPS) is 11.0. The molecule has 0 spiro atoms. The minimum Gasteiger partial charge on any atom is -0.489 e. The number of nitrogens with one attached hydrogen (secondary N) is 1. The van der Waals surface area contributed by atoms with Gasteiger partial charge in [-0.1, -0.05) is 60.7 Å². The van der Waals surface area contributed by atoms with Crippen LogP contribution in [0.1, 0.15) is 27.2 Å². The lowest BCUT2D eigenvalue weighted by molar-refractivity contribution is 0.0955. The highest BCUT2D eigenvalue weighted by Gasteiger charge is 2.11. The summed E-state index contributed by atoms with van der Waals surface area (Å²) in [4.78, 5) is 12.7. The minimum atomic E-state index is -0.313. The van der Waals surface area contributed by atoms with Crippen LogP contribution in [0.15, 0.2) is 120 Å². The van der Waals surface area contributed by atoms with Gasteiger partial charge in [-0.05, 0) is 72.6 Å². The quantitative estimate of drug-likeness (QED) is 0.184. The molecular weight excluding hydrogens is 477 g/mol. The highest BCUT2D eigenvalue weighted by Crippen LogP contribution is 2.26. The maximum absolute atomic E-state index is 13.8. The van der Waals surface area contributed by atoms with Crippen molar-refractivity contribution in [2.45, 2.75) is 13.5 Å². The Morgan fingerprint density at radius 1 is 0.895 bits per heavy atom. The monoisotopic (exact) mass is 503 g/mol. The fourth-order valence-electron chi connectivity index (χ4n) is 4.17. The molecule has 5 aromatic rings. The van der Waals surface area contributed by atoms with Gasteiger partial charge in [-0.25, -0.2) is 9.82 Å². The second-order valence-corrected chi connectivity index (χ2v) is 8.76. The van der Waals surface area contributed by atoms with E-state index >= 15 is 0 Å². The zero-order valence-electron chi connectivity index (χ0n) is 20.8. The SMILES string of the molecule is Cc1ccc(-c2ccccc2)n1-c1ccc(C(=O)N/N=C/c2cccc(OCc3ccccc3F)c2)cc1. The Bertz CT molecular complexity index is 1570. The van der Waals surface area contributed by atoms with Crippen LogP contribution in [0.5, 0.6) is 5.75 Å². The lowest BCUT2D eigenvalue weighted by Crippen LogP contribution is -2.17. The van der Waals surface area contributed by atoms with E-state index in [4.69, 9.17) is 4.74 Å². The Kier molecular flexibility index (Phi) is 7.41. The fourth-order valence-corrected chi connectivity index (χ4v) is 4.17. The van der Waals surface area contributed by atoms with Crippen LogP contribution in [-0.4, -0.2) is 16.7 Å². The van der Waals surface area contributed by atoms with Crippen molar-refractivity contribution >= 4 is 12.1 Å². The molecule has 0 atom stereocenters. The highest BCUT2D eigenvalue weighted by atomic mass is 19.1. The van der Waals surface area contributed by atoms with Gasteiger partial charge in [-0.2, -0.15) is 5.10 Å². The molecule has 1 amide bonds. The molecule has 0 radical (unpaired) electrons. The number of hydrogen-bond donors (Lipinski definition) is 1. The first kappa shape index (κ1) is 24.7. The molecule has 0 saturated carbocycles. The molecule has 38 heavy (non-hydrogen) atoms. The molecule has 4 aromatic carbocycles. The number of aromatic nitrogens is 1. The van der Waals surface area contributed by atoms with E-state index < -0.39 is 0 Å². The molecule has 188 valence electrons. The lowest BCUT2D eigenvalue weighted by Gasteiger charge is -2.12. The van der Waals surface area contributed by atoms with Crippen molar-refractivity contribution < 1.29 is 13.9 Å². The number of aryl methyl sites for hydroxylation is 1. The number of amides is 1. The summed E-state index contributed by atoms with van der Waals surface area (Å²) in [6.45, 7) is 2.18. The molecule has 0 saturated heterocycles. The number of hydrogen-bond acceptors (Lipinski definition) is 3. The first-order valence-corrected chi connectivity index (χ1v) is 12.2. The van der Waals surface area contributed by atoms with Crippen molar-refractivity contribution in [1.82, 2.24) is 9.99 Å². The third-order valence-electron chi connectivity index (χ3n) is 6.12. The highest BCUT2D eigenvalue weighted by molar-refractivity contribution is 5.95. The van der Waals surface area contributed by atoms with Crippen LogP contribution in [-0.2, 0) is 6.61 Å². The van der Waals surface area contributed by atoms with Crippen LogP contribution in [0.2, 0.25) is 0 Å². The lowest BCUT2D eigenvalue weighted by atomic mass is 10.1. The number of carbonyl (C=O) groups excluding carboxylic acids is 1. The van der Waals surface area contributed by atoms with Gasteiger partial charge < -0.3 is 9.30 Å². The first-order valence-electron chi connectivity index (χ1n) is 12.2. The molecule has 0 aliphatic heterocycles. The fraction of sp³-hybridized carbons (Fsp3) is 0.0625. The molecule has 1 N–H and O–H groups in total. The number of nitrogens with zero attached hydrogens (tertiary/aromatic N) is 2. The third kappa shape index (κ3) is 5.71. The minimum absolute atomic E-state index is 0.120. The van der Waals surface area contributed by atoms with E-state index in [9.17, 15) is 9.18 Å². The number of hydrazone groups is 1. The maximum Gasteiger partial charge on any atom is 0.271 e. The van der Waals surface area contributed by atoms with Gasteiger partial charge in [-0.3, -0.25) is 4.79 Å². The van der Waals surface area contributed by atoms with Crippen molar-refractivity contribution in [2.75, 3.05) is 0 Å².